The highest BCUT2D eigenvalue weighted by Crippen LogP contribution is 2.66. The summed E-state index contributed by atoms with van der Waals surface area (Å²) in [5, 5.41) is 26.6. The molecule has 52 heavy (non-hydrogen) atoms. The van der Waals surface area contributed by atoms with Gasteiger partial charge in [-0.25, -0.2) is 4.79 Å². The third-order valence-corrected chi connectivity index (χ3v) is 11.3. The molecule has 1 aromatic rings. The van der Waals surface area contributed by atoms with E-state index in [-0.39, 0.29) is 29.7 Å². The Labute approximate surface area is 300 Å². The van der Waals surface area contributed by atoms with E-state index in [0.29, 0.717) is 0 Å². The molecule has 11 atom stereocenters. The molecule has 1 saturated heterocycles. The number of rotatable bonds is 7. The first-order valence-corrected chi connectivity index (χ1v) is 17.0. The van der Waals surface area contributed by atoms with Gasteiger partial charge in [-0.05, 0) is 30.2 Å². The number of aliphatic hydroxyl groups excluding tert-OH is 1. The molecular formula is C37H46O15. The fraction of sp³-hybridized carbons (Fsp3) is 0.622. The summed E-state index contributed by atoms with van der Waals surface area (Å²) in [5.41, 5.74) is -7.75. The molecule has 1 heterocycles. The maximum absolute atomic E-state index is 13.8. The minimum atomic E-state index is -2.68. The van der Waals surface area contributed by atoms with Crippen molar-refractivity contribution in [1.82, 2.24) is 0 Å². The normalized spacial score (nSPS) is 37.3. The van der Waals surface area contributed by atoms with Crippen molar-refractivity contribution in [2.45, 2.75) is 123 Å². The van der Waals surface area contributed by atoms with Crippen LogP contribution in [0.15, 0.2) is 41.5 Å². The van der Waals surface area contributed by atoms with Crippen LogP contribution < -0.4 is 0 Å². The van der Waals surface area contributed by atoms with E-state index in [9.17, 15) is 39.0 Å². The van der Waals surface area contributed by atoms with Crippen molar-refractivity contribution in [3.05, 3.63) is 47.0 Å². The Morgan fingerprint density at radius 1 is 0.750 bits per heavy atom. The summed E-state index contributed by atoms with van der Waals surface area (Å²) in [4.78, 5) is 78.2. The van der Waals surface area contributed by atoms with E-state index in [1.807, 2.05) is 0 Å². The minimum Gasteiger partial charge on any atom is -0.462 e. The number of benzene rings is 1. The highest BCUT2D eigenvalue weighted by molar-refractivity contribution is 5.89. The molecule has 284 valence electrons. The largest absolute Gasteiger partial charge is 0.462 e. The van der Waals surface area contributed by atoms with Crippen molar-refractivity contribution in [3.63, 3.8) is 0 Å². The highest BCUT2D eigenvalue weighted by Gasteiger charge is 2.80. The van der Waals surface area contributed by atoms with E-state index >= 15 is 0 Å². The quantitative estimate of drug-likeness (QED) is 0.234. The van der Waals surface area contributed by atoms with Gasteiger partial charge in [0.2, 0.25) is 0 Å². The lowest BCUT2D eigenvalue weighted by Crippen LogP contribution is -2.84. The number of hydrogen-bond acceptors (Lipinski definition) is 15. The topological polar surface area (TPSA) is 207 Å². The number of fused-ring (bicyclic) bond motifs is 5. The number of hydrogen-bond donors (Lipinski definition) is 2. The molecular weight excluding hydrogens is 684 g/mol. The van der Waals surface area contributed by atoms with Gasteiger partial charge in [0.1, 0.15) is 17.8 Å². The van der Waals surface area contributed by atoms with Crippen LogP contribution in [-0.4, -0.2) is 107 Å². The van der Waals surface area contributed by atoms with Gasteiger partial charge >= 0.3 is 35.8 Å². The third kappa shape index (κ3) is 5.96. The molecule has 0 amide bonds. The maximum Gasteiger partial charge on any atom is 0.338 e. The Bertz CT molecular complexity index is 1680. The lowest BCUT2D eigenvalue weighted by Gasteiger charge is -2.69. The lowest BCUT2D eigenvalue weighted by atomic mass is 9.43. The van der Waals surface area contributed by atoms with E-state index in [4.69, 9.17) is 33.2 Å². The second-order valence-corrected chi connectivity index (χ2v) is 14.8. The number of ether oxygens (including phenoxy) is 7. The van der Waals surface area contributed by atoms with Crippen LogP contribution in [0.2, 0.25) is 0 Å². The van der Waals surface area contributed by atoms with Gasteiger partial charge in [-0.15, -0.1) is 0 Å². The van der Waals surface area contributed by atoms with Crippen LogP contribution in [0.1, 0.15) is 79.1 Å². The predicted octanol–water partition coefficient (Wildman–Crippen LogP) is 2.13. The van der Waals surface area contributed by atoms with Crippen molar-refractivity contribution in [2.75, 3.05) is 6.61 Å². The summed E-state index contributed by atoms with van der Waals surface area (Å²) in [6.07, 6.45) is -11.2. The fourth-order valence-corrected chi connectivity index (χ4v) is 9.30. The molecule has 2 bridgehead atoms. The number of aliphatic hydroxyl groups is 2. The summed E-state index contributed by atoms with van der Waals surface area (Å²) in [6.45, 7) is 11.4. The average molecular weight is 731 g/mol. The van der Waals surface area contributed by atoms with Gasteiger partial charge in [0, 0.05) is 52.4 Å². The molecule has 3 fully saturated rings. The van der Waals surface area contributed by atoms with Crippen molar-refractivity contribution >= 4 is 35.8 Å². The third-order valence-electron chi connectivity index (χ3n) is 11.3. The molecule has 2 saturated carbocycles. The Hall–Kier alpha value is -4.34. The van der Waals surface area contributed by atoms with Crippen molar-refractivity contribution in [1.29, 1.82) is 0 Å². The zero-order valence-corrected chi connectivity index (χ0v) is 30.6. The van der Waals surface area contributed by atoms with E-state index in [1.165, 1.54) is 39.8 Å². The smallest absolute Gasteiger partial charge is 0.338 e. The molecule has 1 aliphatic heterocycles. The first-order chi connectivity index (χ1) is 24.1. The predicted molar refractivity (Wildman–Crippen MR) is 176 cm³/mol. The molecule has 2 N–H and O–H groups in total. The van der Waals surface area contributed by atoms with E-state index in [1.54, 1.807) is 18.2 Å². The van der Waals surface area contributed by atoms with Crippen LogP contribution >= 0.6 is 0 Å². The van der Waals surface area contributed by atoms with Crippen molar-refractivity contribution in [3.8, 4) is 0 Å². The lowest BCUT2D eigenvalue weighted by molar-refractivity contribution is -0.371. The molecule has 0 aromatic heterocycles. The molecule has 5 rings (SSSR count). The first-order valence-electron chi connectivity index (χ1n) is 17.0. The second kappa shape index (κ2) is 13.6. The van der Waals surface area contributed by atoms with Gasteiger partial charge in [-0.3, -0.25) is 24.0 Å². The first kappa shape index (κ1) is 38.9. The molecule has 0 radical (unpaired) electrons. The molecule has 15 heteroatoms. The van der Waals surface area contributed by atoms with Crippen LogP contribution in [0.3, 0.4) is 0 Å². The molecule has 15 nitrogen and oxygen atoms in total. The van der Waals surface area contributed by atoms with Crippen LogP contribution in [0.4, 0.5) is 0 Å². The van der Waals surface area contributed by atoms with Gasteiger partial charge in [0.05, 0.1) is 23.7 Å². The SMILES string of the molecule is CC(=O)O[C@@H]1C2=C(C)[C@@H](OC(C)=O)[C@H](OC(=O)c3ccccc3)[C@@](O)([C@@H](O)C3[C@@](C)([C@@H](OC(C)=O)C[C@H]4OC[C@@]34OC(C)=O)[C@H]1OC(C)=O)C2(C)C. The maximum atomic E-state index is 13.8. The van der Waals surface area contributed by atoms with Crippen LogP contribution in [0.5, 0.6) is 0 Å². The second-order valence-electron chi connectivity index (χ2n) is 14.8. The number of esters is 6. The molecule has 0 spiro atoms. The highest BCUT2D eigenvalue weighted by atomic mass is 16.6. The zero-order valence-electron chi connectivity index (χ0n) is 30.6. The van der Waals surface area contributed by atoms with E-state index in [0.717, 1.165) is 34.6 Å². The summed E-state index contributed by atoms with van der Waals surface area (Å²) >= 11 is 0. The summed E-state index contributed by atoms with van der Waals surface area (Å²) in [5.74, 6) is -6.58. The Morgan fingerprint density at radius 3 is 1.81 bits per heavy atom. The van der Waals surface area contributed by atoms with E-state index < -0.39 is 106 Å². The Balaban J connectivity index is 1.93. The molecule has 4 aliphatic rings. The summed E-state index contributed by atoms with van der Waals surface area (Å²) in [7, 11) is 0. The average Bonchev–Trinajstić information content (AvgIpc) is 3.03. The molecule has 1 aromatic carbocycles. The molecule has 1 unspecified atom stereocenters. The minimum absolute atomic E-state index is 0.0727. The van der Waals surface area contributed by atoms with Gasteiger partial charge in [-0.2, -0.15) is 0 Å². The monoisotopic (exact) mass is 730 g/mol. The van der Waals surface area contributed by atoms with Crippen molar-refractivity contribution in [2.24, 2.45) is 16.7 Å². The standard InChI is InChI=1S/C37H46O15/c1-17-26-28(49-20(4)40)31(50-21(5)41)35(9)24(47-18(2)38)15-25-36(16-46-25,52-22(6)42)29(35)30(43)37(45,34(26,7)8)32(27(17)48-19(3)39)51-33(44)23-13-11-10-12-14-23/h10-14,24-25,27-32,43,45H,15-16H2,1-9H3/t24-,25+,27+,28+,29?,30-,31-,32-,35+,36-,37-/m0/s1. The van der Waals surface area contributed by atoms with Crippen LogP contribution in [0.25, 0.3) is 0 Å². The van der Waals surface area contributed by atoms with Crippen LogP contribution in [0, 0.1) is 16.7 Å². The summed E-state index contributed by atoms with van der Waals surface area (Å²) in [6, 6.07) is 7.80. The van der Waals surface area contributed by atoms with Crippen LogP contribution in [-0.2, 0) is 57.1 Å². The number of carbonyl (C=O) groups is 6. The van der Waals surface area contributed by atoms with Gasteiger partial charge < -0.3 is 43.4 Å². The van der Waals surface area contributed by atoms with Gasteiger partial charge in [0.25, 0.3) is 0 Å². The molecule has 3 aliphatic carbocycles. The Kier molecular flexibility index (Phi) is 10.1. The van der Waals surface area contributed by atoms with Gasteiger partial charge in [0.15, 0.2) is 30.0 Å². The van der Waals surface area contributed by atoms with Gasteiger partial charge in [-0.1, -0.05) is 39.0 Å². The Morgan fingerprint density at radius 2 is 1.31 bits per heavy atom. The number of carbonyl (C=O) groups excluding carboxylic acids is 6. The van der Waals surface area contributed by atoms with E-state index in [2.05, 4.69) is 0 Å². The zero-order chi connectivity index (χ0) is 38.7. The van der Waals surface area contributed by atoms with Crippen molar-refractivity contribution < 1.29 is 72.1 Å². The summed E-state index contributed by atoms with van der Waals surface area (Å²) < 4.78 is 41.7. The fourth-order valence-electron chi connectivity index (χ4n) is 9.30.